The minimum Gasteiger partial charge on any atom is -0.480 e. The molecule has 0 aliphatic carbocycles. The number of ether oxygens (including phenoxy) is 2. The number of hydrogen-bond donors (Lipinski definition) is 0. The standard InChI is InChI=1S/C24H19F3N6O3/c1-33-11-17(24(25,26)27)32-20(33)14-6-4-13(5-7-14)10-16-19-15(8-9-28-16)31-23(36-19)18-21(34-2)29-12-30-22(18)35-3/h4-9,11-12H,10H2,1-3H3. The van der Waals surface area contributed by atoms with Gasteiger partial charge in [0.1, 0.15) is 17.7 Å². The van der Waals surface area contributed by atoms with E-state index in [1.165, 1.54) is 32.2 Å². The number of rotatable bonds is 6. The largest absolute Gasteiger partial charge is 0.480 e. The van der Waals surface area contributed by atoms with Crippen molar-refractivity contribution in [2.45, 2.75) is 12.6 Å². The van der Waals surface area contributed by atoms with Crippen LogP contribution in [-0.2, 0) is 19.6 Å². The van der Waals surface area contributed by atoms with Gasteiger partial charge in [-0.1, -0.05) is 24.3 Å². The minimum absolute atomic E-state index is 0.221. The van der Waals surface area contributed by atoms with Gasteiger partial charge in [0.05, 0.1) is 19.9 Å². The molecule has 0 radical (unpaired) electrons. The number of aryl methyl sites for hydroxylation is 1. The van der Waals surface area contributed by atoms with Crippen LogP contribution in [0.2, 0.25) is 0 Å². The fraction of sp³-hybridized carbons (Fsp3) is 0.208. The van der Waals surface area contributed by atoms with Crippen LogP contribution in [0.5, 0.6) is 11.8 Å². The van der Waals surface area contributed by atoms with Crippen LogP contribution in [0.25, 0.3) is 33.9 Å². The van der Waals surface area contributed by atoms with Crippen molar-refractivity contribution in [1.82, 2.24) is 29.5 Å². The number of fused-ring (bicyclic) bond motifs is 1. The van der Waals surface area contributed by atoms with Crippen molar-refractivity contribution in [3.05, 3.63) is 66.0 Å². The molecule has 12 heteroatoms. The third-order valence-electron chi connectivity index (χ3n) is 5.51. The molecule has 5 aromatic rings. The van der Waals surface area contributed by atoms with Crippen molar-refractivity contribution in [3.8, 4) is 34.6 Å². The molecule has 184 valence electrons. The van der Waals surface area contributed by atoms with Crippen LogP contribution in [-0.4, -0.2) is 43.7 Å². The summed E-state index contributed by atoms with van der Waals surface area (Å²) in [5, 5.41) is 0. The summed E-state index contributed by atoms with van der Waals surface area (Å²) in [6.45, 7) is 0. The maximum absolute atomic E-state index is 13.0. The van der Waals surface area contributed by atoms with Gasteiger partial charge >= 0.3 is 6.18 Å². The summed E-state index contributed by atoms with van der Waals surface area (Å²) in [4.78, 5) is 20.9. The van der Waals surface area contributed by atoms with Gasteiger partial charge in [-0.3, -0.25) is 4.98 Å². The van der Waals surface area contributed by atoms with E-state index in [1.807, 2.05) is 12.1 Å². The Hall–Kier alpha value is -4.48. The quantitative estimate of drug-likeness (QED) is 0.333. The molecule has 0 saturated carbocycles. The van der Waals surface area contributed by atoms with Gasteiger partial charge in [0, 0.05) is 31.4 Å². The number of alkyl halides is 3. The molecule has 0 spiro atoms. The van der Waals surface area contributed by atoms with Gasteiger partial charge < -0.3 is 18.5 Å². The van der Waals surface area contributed by atoms with E-state index in [1.54, 1.807) is 24.4 Å². The van der Waals surface area contributed by atoms with E-state index in [9.17, 15) is 13.2 Å². The number of oxazole rings is 1. The zero-order valence-corrected chi connectivity index (χ0v) is 19.4. The van der Waals surface area contributed by atoms with Gasteiger partial charge in [-0.25, -0.2) is 19.9 Å². The molecule has 1 aromatic carbocycles. The first-order chi connectivity index (χ1) is 17.3. The molecular formula is C24H19F3N6O3. The second-order valence-electron chi connectivity index (χ2n) is 7.82. The Morgan fingerprint density at radius 3 is 2.25 bits per heavy atom. The van der Waals surface area contributed by atoms with E-state index in [0.717, 1.165) is 11.8 Å². The molecule has 0 amide bonds. The third kappa shape index (κ3) is 4.21. The van der Waals surface area contributed by atoms with Gasteiger partial charge in [0.25, 0.3) is 0 Å². The lowest BCUT2D eigenvalue weighted by atomic mass is 10.1. The molecule has 0 aliphatic rings. The molecule has 4 heterocycles. The number of imidazole rings is 1. The number of nitrogens with zero attached hydrogens (tertiary/aromatic N) is 6. The first kappa shape index (κ1) is 23.3. The van der Waals surface area contributed by atoms with E-state index >= 15 is 0 Å². The van der Waals surface area contributed by atoms with Crippen LogP contribution in [0, 0.1) is 0 Å². The van der Waals surface area contributed by atoms with Gasteiger partial charge in [-0.2, -0.15) is 13.2 Å². The Bertz CT molecular complexity index is 1520. The van der Waals surface area contributed by atoms with Crippen molar-refractivity contribution >= 4 is 11.1 Å². The molecule has 0 atom stereocenters. The summed E-state index contributed by atoms with van der Waals surface area (Å²) in [6.07, 6.45) is -0.191. The molecule has 0 unspecified atom stereocenters. The zero-order valence-electron chi connectivity index (χ0n) is 19.4. The van der Waals surface area contributed by atoms with Gasteiger partial charge in [-0.05, 0) is 11.6 Å². The number of methoxy groups -OCH3 is 2. The predicted molar refractivity (Wildman–Crippen MR) is 122 cm³/mol. The molecule has 0 aliphatic heterocycles. The van der Waals surface area contributed by atoms with Crippen LogP contribution in [0.3, 0.4) is 0 Å². The molecule has 0 N–H and O–H groups in total. The molecule has 5 rings (SSSR count). The number of aromatic nitrogens is 6. The Kier molecular flexibility index (Phi) is 5.78. The Balaban J connectivity index is 1.46. The summed E-state index contributed by atoms with van der Waals surface area (Å²) in [6, 6.07) is 8.79. The van der Waals surface area contributed by atoms with Crippen molar-refractivity contribution in [2.75, 3.05) is 14.2 Å². The average Bonchev–Trinajstić information content (AvgIpc) is 3.48. The number of pyridine rings is 1. The minimum atomic E-state index is -4.50. The topological polar surface area (TPSA) is 101 Å². The first-order valence-corrected chi connectivity index (χ1v) is 10.7. The molecule has 0 bridgehead atoms. The Morgan fingerprint density at radius 2 is 1.64 bits per heavy atom. The van der Waals surface area contributed by atoms with E-state index in [-0.39, 0.29) is 23.5 Å². The van der Waals surface area contributed by atoms with E-state index in [4.69, 9.17) is 13.9 Å². The van der Waals surface area contributed by atoms with Crippen LogP contribution >= 0.6 is 0 Å². The molecular weight excluding hydrogens is 477 g/mol. The average molecular weight is 496 g/mol. The highest BCUT2D eigenvalue weighted by Crippen LogP contribution is 2.37. The summed E-state index contributed by atoms with van der Waals surface area (Å²) in [5.74, 6) is 0.948. The number of benzene rings is 1. The molecule has 9 nitrogen and oxygen atoms in total. The highest BCUT2D eigenvalue weighted by Gasteiger charge is 2.34. The lowest BCUT2D eigenvalue weighted by Crippen LogP contribution is -2.04. The van der Waals surface area contributed by atoms with Crippen molar-refractivity contribution in [2.24, 2.45) is 7.05 Å². The van der Waals surface area contributed by atoms with Gasteiger partial charge in [-0.15, -0.1) is 0 Å². The fourth-order valence-electron chi connectivity index (χ4n) is 3.82. The SMILES string of the molecule is COc1ncnc(OC)c1-c1nc2ccnc(Cc3ccc(-c4nc(C(F)(F)F)cn4C)cc3)c2o1. The molecule has 0 fully saturated rings. The maximum atomic E-state index is 13.0. The van der Waals surface area contributed by atoms with Crippen molar-refractivity contribution in [1.29, 1.82) is 0 Å². The van der Waals surface area contributed by atoms with Crippen LogP contribution in [0.15, 0.2) is 53.5 Å². The fourth-order valence-corrected chi connectivity index (χ4v) is 3.82. The zero-order chi connectivity index (χ0) is 25.4. The predicted octanol–water partition coefficient (Wildman–Crippen LogP) is 4.71. The molecule has 0 saturated heterocycles. The lowest BCUT2D eigenvalue weighted by Gasteiger charge is -2.07. The second-order valence-corrected chi connectivity index (χ2v) is 7.82. The second kappa shape index (κ2) is 8.95. The molecule has 36 heavy (non-hydrogen) atoms. The monoisotopic (exact) mass is 496 g/mol. The molecule has 4 aromatic heterocycles. The summed E-state index contributed by atoms with van der Waals surface area (Å²) in [7, 11) is 4.47. The Labute approximate surface area is 202 Å². The highest BCUT2D eigenvalue weighted by molar-refractivity contribution is 5.80. The maximum Gasteiger partial charge on any atom is 0.434 e. The van der Waals surface area contributed by atoms with Gasteiger partial charge in [0.2, 0.25) is 17.7 Å². The third-order valence-corrected chi connectivity index (χ3v) is 5.51. The number of hydrogen-bond acceptors (Lipinski definition) is 8. The number of halogens is 3. The van der Waals surface area contributed by atoms with Crippen LogP contribution in [0.4, 0.5) is 13.2 Å². The van der Waals surface area contributed by atoms with Crippen LogP contribution < -0.4 is 9.47 Å². The summed E-state index contributed by atoms with van der Waals surface area (Å²) < 4.78 is 57.1. The highest BCUT2D eigenvalue weighted by atomic mass is 19.4. The summed E-state index contributed by atoms with van der Waals surface area (Å²) >= 11 is 0. The first-order valence-electron chi connectivity index (χ1n) is 10.7. The van der Waals surface area contributed by atoms with Crippen molar-refractivity contribution in [3.63, 3.8) is 0 Å². The normalized spacial score (nSPS) is 11.7. The van der Waals surface area contributed by atoms with Crippen LogP contribution in [0.1, 0.15) is 17.0 Å². The Morgan fingerprint density at radius 1 is 0.944 bits per heavy atom. The van der Waals surface area contributed by atoms with E-state index < -0.39 is 11.9 Å². The van der Waals surface area contributed by atoms with Crippen molar-refractivity contribution < 1.29 is 27.1 Å². The smallest absolute Gasteiger partial charge is 0.434 e. The lowest BCUT2D eigenvalue weighted by molar-refractivity contribution is -0.140. The summed E-state index contributed by atoms with van der Waals surface area (Å²) in [5.41, 5.74) is 2.56. The van der Waals surface area contributed by atoms with E-state index in [0.29, 0.717) is 34.3 Å². The van der Waals surface area contributed by atoms with E-state index in [2.05, 4.69) is 24.9 Å². The van der Waals surface area contributed by atoms with Gasteiger partial charge in [0.15, 0.2) is 16.8 Å².